The Morgan fingerprint density at radius 3 is 2.83 bits per heavy atom. The summed E-state index contributed by atoms with van der Waals surface area (Å²) in [5.41, 5.74) is 5.79. The predicted octanol–water partition coefficient (Wildman–Crippen LogP) is 0.474. The molecule has 18 heavy (non-hydrogen) atoms. The lowest BCUT2D eigenvalue weighted by atomic mass is 10.1. The van der Waals surface area contributed by atoms with Gasteiger partial charge in [0.1, 0.15) is 5.75 Å². The zero-order valence-corrected chi connectivity index (χ0v) is 10.1. The molecule has 0 bridgehead atoms. The van der Waals surface area contributed by atoms with Gasteiger partial charge in [0.15, 0.2) is 11.5 Å². The highest BCUT2D eigenvalue weighted by Crippen LogP contribution is 2.37. The first kappa shape index (κ1) is 12.5. The summed E-state index contributed by atoms with van der Waals surface area (Å²) >= 11 is 0. The normalized spacial score (nSPS) is 14.5. The highest BCUT2D eigenvalue weighted by Gasteiger charge is 2.17. The topological polar surface area (TPSA) is 93.8 Å². The average molecular weight is 252 g/mol. The van der Waals surface area contributed by atoms with Gasteiger partial charge in [-0.3, -0.25) is 4.79 Å². The zero-order chi connectivity index (χ0) is 13.1. The van der Waals surface area contributed by atoms with Crippen molar-refractivity contribution in [3.8, 4) is 17.2 Å². The number of phenols is 1. The number of carbonyl (C=O) groups excluding carboxylic acids is 1. The maximum atomic E-state index is 10.7. The van der Waals surface area contributed by atoms with Crippen molar-refractivity contribution < 1.29 is 19.4 Å². The Kier molecular flexibility index (Phi) is 3.57. The van der Waals surface area contributed by atoms with Crippen LogP contribution in [0.4, 0.5) is 0 Å². The molecule has 6 nitrogen and oxygen atoms in total. The van der Waals surface area contributed by atoms with Gasteiger partial charge in [0.2, 0.25) is 12.7 Å². The van der Waals surface area contributed by atoms with Gasteiger partial charge in [0.25, 0.3) is 0 Å². The standard InChI is InChI=1S/C12H16N2O4/c1-7(2-12(13)16)14-5-8-3-10-11(4-9(8)15)18-6-17-10/h3-4,7,14-15H,2,5-6H2,1H3,(H2,13,16). The van der Waals surface area contributed by atoms with E-state index in [0.29, 0.717) is 23.6 Å². The minimum Gasteiger partial charge on any atom is -0.507 e. The molecule has 1 amide bonds. The molecular formula is C12H16N2O4. The number of hydrogen-bond acceptors (Lipinski definition) is 5. The number of ether oxygens (including phenoxy) is 2. The van der Waals surface area contributed by atoms with Crippen LogP contribution < -0.4 is 20.5 Å². The van der Waals surface area contributed by atoms with Crippen LogP contribution in [0.2, 0.25) is 0 Å². The Morgan fingerprint density at radius 2 is 2.17 bits per heavy atom. The summed E-state index contributed by atoms with van der Waals surface area (Å²) in [6.07, 6.45) is 0.255. The number of phenolic OH excluding ortho intramolecular Hbond substituents is 1. The number of hydrogen-bond donors (Lipinski definition) is 3. The summed E-state index contributed by atoms with van der Waals surface area (Å²) < 4.78 is 10.4. The van der Waals surface area contributed by atoms with Gasteiger partial charge >= 0.3 is 0 Å². The van der Waals surface area contributed by atoms with E-state index in [1.165, 1.54) is 6.07 Å². The van der Waals surface area contributed by atoms with Crippen molar-refractivity contribution in [2.45, 2.75) is 25.9 Å². The SMILES string of the molecule is CC(CC(N)=O)NCc1cc2c(cc1O)OCO2. The van der Waals surface area contributed by atoms with Crippen LogP contribution in [-0.4, -0.2) is 23.8 Å². The van der Waals surface area contributed by atoms with Crippen molar-refractivity contribution in [2.24, 2.45) is 5.73 Å². The second kappa shape index (κ2) is 5.14. The highest BCUT2D eigenvalue weighted by atomic mass is 16.7. The van der Waals surface area contributed by atoms with E-state index in [1.54, 1.807) is 6.07 Å². The molecule has 1 unspecified atom stereocenters. The molecule has 0 saturated carbocycles. The lowest BCUT2D eigenvalue weighted by Crippen LogP contribution is -2.30. The van der Waals surface area contributed by atoms with Gasteiger partial charge in [0, 0.05) is 30.6 Å². The lowest BCUT2D eigenvalue weighted by Gasteiger charge is -2.13. The van der Waals surface area contributed by atoms with Crippen LogP contribution in [0, 0.1) is 0 Å². The van der Waals surface area contributed by atoms with Gasteiger partial charge in [-0.2, -0.15) is 0 Å². The van der Waals surface area contributed by atoms with Gasteiger partial charge in [0.05, 0.1) is 0 Å². The molecule has 1 aliphatic rings. The van der Waals surface area contributed by atoms with E-state index < -0.39 is 0 Å². The third-order valence-electron chi connectivity index (χ3n) is 2.72. The molecule has 2 rings (SSSR count). The van der Waals surface area contributed by atoms with E-state index >= 15 is 0 Å². The number of aromatic hydroxyl groups is 1. The Bertz CT molecular complexity index is 462. The monoisotopic (exact) mass is 252 g/mol. The summed E-state index contributed by atoms with van der Waals surface area (Å²) in [5.74, 6) is 0.941. The molecule has 0 aliphatic carbocycles. The first-order valence-corrected chi connectivity index (χ1v) is 5.69. The van der Waals surface area contributed by atoms with Gasteiger partial charge in [-0.1, -0.05) is 0 Å². The summed E-state index contributed by atoms with van der Waals surface area (Å²) in [7, 11) is 0. The van der Waals surface area contributed by atoms with Crippen LogP contribution in [0.1, 0.15) is 18.9 Å². The van der Waals surface area contributed by atoms with E-state index in [-0.39, 0.29) is 30.9 Å². The molecule has 1 aromatic rings. The zero-order valence-electron chi connectivity index (χ0n) is 10.1. The van der Waals surface area contributed by atoms with E-state index in [2.05, 4.69) is 5.32 Å². The molecule has 1 heterocycles. The number of carbonyl (C=O) groups is 1. The van der Waals surface area contributed by atoms with Gasteiger partial charge in [-0.25, -0.2) is 0 Å². The van der Waals surface area contributed by atoms with Gasteiger partial charge in [-0.15, -0.1) is 0 Å². The largest absolute Gasteiger partial charge is 0.507 e. The van der Waals surface area contributed by atoms with Gasteiger partial charge in [-0.05, 0) is 13.0 Å². The van der Waals surface area contributed by atoms with Crippen molar-refractivity contribution in [1.29, 1.82) is 0 Å². The van der Waals surface area contributed by atoms with Gasteiger partial charge < -0.3 is 25.6 Å². The predicted molar refractivity (Wildman–Crippen MR) is 64.3 cm³/mol. The second-order valence-corrected chi connectivity index (χ2v) is 4.29. The number of nitrogens with one attached hydrogen (secondary N) is 1. The molecule has 1 aromatic carbocycles. The number of nitrogens with two attached hydrogens (primary N) is 1. The average Bonchev–Trinajstić information content (AvgIpc) is 2.71. The number of rotatable bonds is 5. The van der Waals surface area contributed by atoms with E-state index in [4.69, 9.17) is 15.2 Å². The summed E-state index contributed by atoms with van der Waals surface area (Å²) in [4.78, 5) is 10.7. The molecule has 0 radical (unpaired) electrons. The van der Waals surface area contributed by atoms with E-state index in [1.807, 2.05) is 6.92 Å². The molecule has 98 valence electrons. The fraction of sp³-hybridized carbons (Fsp3) is 0.417. The number of amides is 1. The first-order valence-electron chi connectivity index (χ1n) is 5.69. The Labute approximate surface area is 105 Å². The summed E-state index contributed by atoms with van der Waals surface area (Å²) in [5, 5.41) is 12.9. The molecule has 0 saturated heterocycles. The fourth-order valence-corrected chi connectivity index (χ4v) is 1.77. The van der Waals surface area contributed by atoms with Crippen LogP contribution in [0.3, 0.4) is 0 Å². The molecule has 6 heteroatoms. The number of benzene rings is 1. The third kappa shape index (κ3) is 2.84. The minimum atomic E-state index is -0.357. The lowest BCUT2D eigenvalue weighted by molar-refractivity contribution is -0.118. The van der Waals surface area contributed by atoms with Crippen molar-refractivity contribution in [2.75, 3.05) is 6.79 Å². The summed E-state index contributed by atoms with van der Waals surface area (Å²) in [6.45, 7) is 2.45. The Balaban J connectivity index is 1.99. The van der Waals surface area contributed by atoms with Crippen LogP contribution in [-0.2, 0) is 11.3 Å². The third-order valence-corrected chi connectivity index (χ3v) is 2.72. The Hall–Kier alpha value is -1.95. The molecule has 4 N–H and O–H groups in total. The van der Waals surface area contributed by atoms with Crippen LogP contribution >= 0.6 is 0 Å². The van der Waals surface area contributed by atoms with Crippen LogP contribution in [0.15, 0.2) is 12.1 Å². The molecule has 0 fully saturated rings. The highest BCUT2D eigenvalue weighted by molar-refractivity contribution is 5.74. The first-order chi connectivity index (χ1) is 8.56. The molecule has 0 spiro atoms. The number of primary amides is 1. The number of fused-ring (bicyclic) bond motifs is 1. The van der Waals surface area contributed by atoms with Crippen molar-refractivity contribution in [1.82, 2.24) is 5.32 Å². The van der Waals surface area contributed by atoms with Crippen LogP contribution in [0.5, 0.6) is 17.2 Å². The van der Waals surface area contributed by atoms with E-state index in [0.717, 1.165) is 0 Å². The van der Waals surface area contributed by atoms with Crippen LogP contribution in [0.25, 0.3) is 0 Å². The molecular weight excluding hydrogens is 236 g/mol. The minimum absolute atomic E-state index is 0.0488. The van der Waals surface area contributed by atoms with Crippen molar-refractivity contribution in [3.63, 3.8) is 0 Å². The molecule has 0 aromatic heterocycles. The van der Waals surface area contributed by atoms with Crippen molar-refractivity contribution >= 4 is 5.91 Å². The smallest absolute Gasteiger partial charge is 0.231 e. The summed E-state index contributed by atoms with van der Waals surface area (Å²) in [6, 6.07) is 3.20. The van der Waals surface area contributed by atoms with E-state index in [9.17, 15) is 9.90 Å². The fourth-order valence-electron chi connectivity index (χ4n) is 1.77. The molecule has 1 aliphatic heterocycles. The molecule has 1 atom stereocenters. The second-order valence-electron chi connectivity index (χ2n) is 4.29. The van der Waals surface area contributed by atoms with Crippen molar-refractivity contribution in [3.05, 3.63) is 17.7 Å². The maximum Gasteiger partial charge on any atom is 0.231 e. The maximum absolute atomic E-state index is 10.7. The quantitative estimate of drug-likeness (QED) is 0.708. The Morgan fingerprint density at radius 1 is 1.50 bits per heavy atom.